The van der Waals surface area contributed by atoms with E-state index in [0.29, 0.717) is 6.42 Å². The largest absolute Gasteiger partial charge is 0.388 e. The number of benzene rings is 1. The second-order valence-electron chi connectivity index (χ2n) is 4.44. The van der Waals surface area contributed by atoms with E-state index in [1.54, 1.807) is 6.20 Å². The quantitative estimate of drug-likeness (QED) is 0.937. The van der Waals surface area contributed by atoms with Crippen molar-refractivity contribution in [2.75, 3.05) is 0 Å². The first-order valence-corrected chi connectivity index (χ1v) is 6.72. The molecule has 2 nitrogen and oxygen atoms in total. The van der Waals surface area contributed by atoms with Crippen LogP contribution in [0, 0.1) is 13.8 Å². The first kappa shape index (κ1) is 13.2. The van der Waals surface area contributed by atoms with Crippen LogP contribution in [0.3, 0.4) is 0 Å². The molecule has 3 heteroatoms. The minimum Gasteiger partial charge on any atom is -0.388 e. The van der Waals surface area contributed by atoms with Gasteiger partial charge in [0.2, 0.25) is 0 Å². The lowest BCUT2D eigenvalue weighted by Crippen LogP contribution is -2.06. The first-order chi connectivity index (χ1) is 8.59. The summed E-state index contributed by atoms with van der Waals surface area (Å²) in [6.07, 6.45) is 1.79. The molecule has 0 saturated heterocycles. The summed E-state index contributed by atoms with van der Waals surface area (Å²) in [5.74, 6) is 0. The lowest BCUT2D eigenvalue weighted by Gasteiger charge is -2.15. The lowest BCUT2D eigenvalue weighted by molar-refractivity contribution is 0.176. The van der Waals surface area contributed by atoms with E-state index < -0.39 is 6.10 Å². The van der Waals surface area contributed by atoms with Crippen LogP contribution in [0.2, 0.25) is 0 Å². The van der Waals surface area contributed by atoms with Crippen molar-refractivity contribution in [2.45, 2.75) is 26.4 Å². The van der Waals surface area contributed by atoms with Gasteiger partial charge in [0.1, 0.15) is 0 Å². The average Bonchev–Trinajstić information content (AvgIpc) is 2.35. The summed E-state index contributed by atoms with van der Waals surface area (Å²) >= 11 is 3.49. The van der Waals surface area contributed by atoms with Gasteiger partial charge in [0.05, 0.1) is 6.10 Å². The fourth-order valence-corrected chi connectivity index (χ4v) is 2.39. The van der Waals surface area contributed by atoms with E-state index in [0.717, 1.165) is 26.9 Å². The number of hydrogen-bond donors (Lipinski definition) is 1. The Labute approximate surface area is 116 Å². The molecule has 0 bridgehead atoms. The summed E-state index contributed by atoms with van der Waals surface area (Å²) in [5, 5.41) is 10.3. The van der Waals surface area contributed by atoms with Gasteiger partial charge in [-0.3, -0.25) is 4.98 Å². The average molecular weight is 306 g/mol. The van der Waals surface area contributed by atoms with E-state index in [4.69, 9.17) is 0 Å². The molecule has 0 aliphatic carbocycles. The Hall–Kier alpha value is -1.19. The predicted molar refractivity (Wildman–Crippen MR) is 76.5 cm³/mol. The molecule has 1 N–H and O–H groups in total. The van der Waals surface area contributed by atoms with Crippen molar-refractivity contribution >= 4 is 15.9 Å². The molecule has 1 aromatic carbocycles. The van der Waals surface area contributed by atoms with Gasteiger partial charge in [-0.25, -0.2) is 0 Å². The second-order valence-corrected chi connectivity index (χ2v) is 5.30. The van der Waals surface area contributed by atoms with E-state index in [1.807, 2.05) is 44.2 Å². The topological polar surface area (TPSA) is 33.1 Å². The normalized spacial score (nSPS) is 12.4. The van der Waals surface area contributed by atoms with E-state index in [2.05, 4.69) is 20.9 Å². The molecule has 1 aromatic heterocycles. The monoisotopic (exact) mass is 305 g/mol. The van der Waals surface area contributed by atoms with E-state index >= 15 is 0 Å². The zero-order chi connectivity index (χ0) is 13.1. The van der Waals surface area contributed by atoms with Crippen molar-refractivity contribution in [1.82, 2.24) is 4.98 Å². The van der Waals surface area contributed by atoms with Crippen LogP contribution in [0.4, 0.5) is 0 Å². The van der Waals surface area contributed by atoms with Gasteiger partial charge in [-0.15, -0.1) is 0 Å². The summed E-state index contributed by atoms with van der Waals surface area (Å²) in [7, 11) is 0. The molecule has 94 valence electrons. The number of hydrogen-bond acceptors (Lipinski definition) is 2. The van der Waals surface area contributed by atoms with Crippen molar-refractivity contribution in [1.29, 1.82) is 0 Å². The van der Waals surface area contributed by atoms with Gasteiger partial charge in [-0.05, 0) is 42.7 Å². The van der Waals surface area contributed by atoms with Gasteiger partial charge in [0, 0.05) is 22.8 Å². The molecular weight excluding hydrogens is 290 g/mol. The van der Waals surface area contributed by atoms with Gasteiger partial charge in [0.25, 0.3) is 0 Å². The van der Waals surface area contributed by atoms with E-state index in [9.17, 15) is 5.11 Å². The van der Waals surface area contributed by atoms with Gasteiger partial charge in [0.15, 0.2) is 0 Å². The molecule has 0 saturated carbocycles. The minimum atomic E-state index is -0.518. The predicted octanol–water partition coefficient (Wildman–Crippen LogP) is 3.74. The van der Waals surface area contributed by atoms with Gasteiger partial charge < -0.3 is 5.11 Å². The summed E-state index contributed by atoms with van der Waals surface area (Å²) in [5.41, 5.74) is 4.10. The number of pyridine rings is 1. The van der Waals surface area contributed by atoms with Crippen LogP contribution in [0.1, 0.15) is 28.5 Å². The molecule has 0 aliphatic heterocycles. The van der Waals surface area contributed by atoms with Crippen LogP contribution in [0.15, 0.2) is 41.0 Å². The molecule has 1 unspecified atom stereocenters. The number of aryl methyl sites for hydroxylation is 1. The standard InChI is InChI=1S/C15H16BrNO/c1-10-5-4-8-17-14(10)9-15(18)12-6-3-7-13(16)11(12)2/h3-8,15,18H,9H2,1-2H3. The smallest absolute Gasteiger partial charge is 0.0848 e. The van der Waals surface area contributed by atoms with Crippen LogP contribution in [0.5, 0.6) is 0 Å². The molecule has 1 heterocycles. The van der Waals surface area contributed by atoms with E-state index in [1.165, 1.54) is 0 Å². The van der Waals surface area contributed by atoms with Crippen LogP contribution in [-0.4, -0.2) is 10.1 Å². The number of aliphatic hydroxyl groups is 1. The number of rotatable bonds is 3. The van der Waals surface area contributed by atoms with Crippen LogP contribution in [0.25, 0.3) is 0 Å². The van der Waals surface area contributed by atoms with Crippen LogP contribution >= 0.6 is 15.9 Å². The second kappa shape index (κ2) is 5.63. The molecule has 0 amide bonds. The Morgan fingerprint density at radius 2 is 2.00 bits per heavy atom. The number of aromatic nitrogens is 1. The third-order valence-corrected chi connectivity index (χ3v) is 4.03. The Bertz CT molecular complexity index is 554. The minimum absolute atomic E-state index is 0.518. The fraction of sp³-hybridized carbons (Fsp3) is 0.267. The van der Waals surface area contributed by atoms with Gasteiger partial charge in [-0.1, -0.05) is 34.1 Å². The highest BCUT2D eigenvalue weighted by Gasteiger charge is 2.14. The van der Waals surface area contributed by atoms with Crippen LogP contribution < -0.4 is 0 Å². The highest BCUT2D eigenvalue weighted by atomic mass is 79.9. The molecule has 1 atom stereocenters. The summed E-state index contributed by atoms with van der Waals surface area (Å²) in [4.78, 5) is 4.32. The summed E-state index contributed by atoms with van der Waals surface area (Å²) in [6.45, 7) is 4.02. The maximum absolute atomic E-state index is 10.3. The molecule has 2 aromatic rings. The fourth-order valence-electron chi connectivity index (χ4n) is 2.01. The molecule has 0 spiro atoms. The molecule has 18 heavy (non-hydrogen) atoms. The highest BCUT2D eigenvalue weighted by Crippen LogP contribution is 2.26. The molecule has 0 radical (unpaired) electrons. The molecule has 0 aliphatic rings. The molecule has 0 fully saturated rings. The Morgan fingerprint density at radius 3 is 2.72 bits per heavy atom. The van der Waals surface area contributed by atoms with Crippen molar-refractivity contribution in [3.05, 3.63) is 63.4 Å². The summed E-state index contributed by atoms with van der Waals surface area (Å²) in [6, 6.07) is 9.82. The Kier molecular flexibility index (Phi) is 4.15. The number of halogens is 1. The van der Waals surface area contributed by atoms with E-state index in [-0.39, 0.29) is 0 Å². The number of nitrogens with zero attached hydrogens (tertiary/aromatic N) is 1. The van der Waals surface area contributed by atoms with Gasteiger partial charge >= 0.3 is 0 Å². The zero-order valence-electron chi connectivity index (χ0n) is 10.5. The number of aliphatic hydroxyl groups excluding tert-OH is 1. The lowest BCUT2D eigenvalue weighted by atomic mass is 9.98. The maximum Gasteiger partial charge on any atom is 0.0848 e. The van der Waals surface area contributed by atoms with Crippen molar-refractivity contribution < 1.29 is 5.11 Å². The third kappa shape index (κ3) is 2.79. The Balaban J connectivity index is 2.25. The third-order valence-electron chi connectivity index (χ3n) is 3.17. The SMILES string of the molecule is Cc1cccnc1CC(O)c1cccc(Br)c1C. The van der Waals surface area contributed by atoms with Crippen molar-refractivity contribution in [3.63, 3.8) is 0 Å². The Morgan fingerprint density at radius 1 is 1.22 bits per heavy atom. The van der Waals surface area contributed by atoms with Crippen molar-refractivity contribution in [3.8, 4) is 0 Å². The van der Waals surface area contributed by atoms with Crippen LogP contribution in [-0.2, 0) is 6.42 Å². The van der Waals surface area contributed by atoms with Crippen molar-refractivity contribution in [2.24, 2.45) is 0 Å². The maximum atomic E-state index is 10.3. The first-order valence-electron chi connectivity index (χ1n) is 5.93. The highest BCUT2D eigenvalue weighted by molar-refractivity contribution is 9.10. The summed E-state index contributed by atoms with van der Waals surface area (Å²) < 4.78 is 1.02. The zero-order valence-corrected chi connectivity index (χ0v) is 12.1. The molecular formula is C15H16BrNO. The molecule has 2 rings (SSSR count). The van der Waals surface area contributed by atoms with Gasteiger partial charge in [-0.2, -0.15) is 0 Å².